The number of amides is 2. The first kappa shape index (κ1) is 22.3. The lowest BCUT2D eigenvalue weighted by molar-refractivity contribution is -0.129. The number of carbonyl (C=O) groups excluding carboxylic acids is 2. The van der Waals surface area contributed by atoms with E-state index in [4.69, 9.17) is 9.47 Å². The Hall–Kier alpha value is -2.87. The number of hydrogen-bond donors (Lipinski definition) is 1. The Morgan fingerprint density at radius 2 is 2.28 bits per heavy atom. The van der Waals surface area contributed by atoms with Crippen molar-refractivity contribution in [1.29, 1.82) is 5.26 Å². The highest BCUT2D eigenvalue weighted by Crippen LogP contribution is 2.26. The molecule has 1 aromatic heterocycles. The van der Waals surface area contributed by atoms with Gasteiger partial charge in [-0.1, -0.05) is 0 Å². The molecule has 168 valence electrons. The molecule has 2 amide bonds. The Morgan fingerprint density at radius 1 is 1.41 bits per heavy atom. The van der Waals surface area contributed by atoms with Crippen molar-refractivity contribution in [1.82, 2.24) is 15.2 Å². The van der Waals surface area contributed by atoms with E-state index >= 15 is 0 Å². The van der Waals surface area contributed by atoms with Gasteiger partial charge in [-0.15, -0.1) is 11.8 Å². The van der Waals surface area contributed by atoms with Gasteiger partial charge in [0.1, 0.15) is 6.04 Å². The topological polar surface area (TPSA) is 108 Å². The molecule has 3 heterocycles. The second-order valence-electron chi connectivity index (χ2n) is 7.63. The number of morpholine rings is 1. The van der Waals surface area contributed by atoms with E-state index in [0.29, 0.717) is 47.9 Å². The lowest BCUT2D eigenvalue weighted by atomic mass is 10.1. The molecule has 2 fully saturated rings. The smallest absolute Gasteiger partial charge is 0.252 e. The van der Waals surface area contributed by atoms with Gasteiger partial charge in [-0.2, -0.15) is 5.26 Å². The molecule has 32 heavy (non-hydrogen) atoms. The first-order valence-corrected chi connectivity index (χ1v) is 11.5. The molecule has 2 atom stereocenters. The standard InChI is InChI=1S/C22H25N5O4S/c1-30-11-17-12-31-7-6-26(17)15-2-3-20-19(8-15)18(4-5-24-20)22(29)25-10-21(28)27-14-32-13-16(27)9-23/h2-5,8,16-17H,6-7,10-14H2,1H3,(H,25,29). The number of benzene rings is 1. The predicted octanol–water partition coefficient (Wildman–Crippen LogP) is 1.24. The maximum Gasteiger partial charge on any atom is 0.252 e. The van der Waals surface area contributed by atoms with Crippen molar-refractivity contribution in [3.05, 3.63) is 36.0 Å². The van der Waals surface area contributed by atoms with Crippen LogP contribution in [0.1, 0.15) is 10.4 Å². The van der Waals surface area contributed by atoms with Crippen LogP contribution >= 0.6 is 11.8 Å². The maximum atomic E-state index is 13.0. The van der Waals surface area contributed by atoms with Crippen LogP contribution in [0.25, 0.3) is 10.9 Å². The molecule has 10 heteroatoms. The molecule has 2 unspecified atom stereocenters. The van der Waals surface area contributed by atoms with E-state index in [-0.39, 0.29) is 24.4 Å². The number of ether oxygens (including phenoxy) is 2. The molecular weight excluding hydrogens is 430 g/mol. The molecule has 2 aliphatic rings. The zero-order valence-corrected chi connectivity index (χ0v) is 18.6. The number of thioether (sulfide) groups is 1. The fourth-order valence-electron chi connectivity index (χ4n) is 3.98. The number of hydrogen-bond acceptors (Lipinski definition) is 8. The lowest BCUT2D eigenvalue weighted by Crippen LogP contribution is -2.48. The molecule has 2 saturated heterocycles. The number of pyridine rings is 1. The Labute approximate surface area is 190 Å². The van der Waals surface area contributed by atoms with Crippen LogP contribution in [0.2, 0.25) is 0 Å². The molecule has 0 spiro atoms. The summed E-state index contributed by atoms with van der Waals surface area (Å²) in [6, 6.07) is 9.26. The molecule has 2 aliphatic heterocycles. The summed E-state index contributed by atoms with van der Waals surface area (Å²) in [5, 5.41) is 12.6. The predicted molar refractivity (Wildman–Crippen MR) is 121 cm³/mol. The van der Waals surface area contributed by atoms with Gasteiger partial charge < -0.3 is 24.6 Å². The summed E-state index contributed by atoms with van der Waals surface area (Å²) in [4.78, 5) is 33.5. The molecule has 0 radical (unpaired) electrons. The first-order chi connectivity index (χ1) is 15.6. The zero-order valence-electron chi connectivity index (χ0n) is 17.8. The summed E-state index contributed by atoms with van der Waals surface area (Å²) in [5.41, 5.74) is 2.12. The average Bonchev–Trinajstić information content (AvgIpc) is 3.31. The van der Waals surface area contributed by atoms with Gasteiger partial charge in [-0.25, -0.2) is 0 Å². The number of nitriles is 1. The normalized spacial score (nSPS) is 20.9. The summed E-state index contributed by atoms with van der Waals surface area (Å²) >= 11 is 1.53. The number of fused-ring (bicyclic) bond motifs is 1. The largest absolute Gasteiger partial charge is 0.382 e. The molecule has 9 nitrogen and oxygen atoms in total. The molecule has 1 N–H and O–H groups in total. The van der Waals surface area contributed by atoms with Crippen LogP contribution in [0.3, 0.4) is 0 Å². The van der Waals surface area contributed by atoms with Crippen molar-refractivity contribution < 1.29 is 19.1 Å². The van der Waals surface area contributed by atoms with E-state index in [0.717, 1.165) is 12.2 Å². The van der Waals surface area contributed by atoms with Crippen molar-refractivity contribution in [2.75, 3.05) is 56.5 Å². The van der Waals surface area contributed by atoms with Crippen LogP contribution in [-0.2, 0) is 14.3 Å². The summed E-state index contributed by atoms with van der Waals surface area (Å²) < 4.78 is 10.9. The van der Waals surface area contributed by atoms with Crippen LogP contribution in [0.4, 0.5) is 5.69 Å². The van der Waals surface area contributed by atoms with E-state index in [1.807, 2.05) is 18.2 Å². The molecule has 1 aromatic carbocycles. The van der Waals surface area contributed by atoms with Gasteiger partial charge in [0.05, 0.1) is 55.4 Å². The fraction of sp³-hybridized carbons (Fsp3) is 0.455. The number of nitrogens with zero attached hydrogens (tertiary/aromatic N) is 4. The van der Waals surface area contributed by atoms with Gasteiger partial charge in [0.15, 0.2) is 0 Å². The van der Waals surface area contributed by atoms with Crippen molar-refractivity contribution in [3.8, 4) is 6.07 Å². The van der Waals surface area contributed by atoms with Crippen molar-refractivity contribution in [2.24, 2.45) is 0 Å². The van der Waals surface area contributed by atoms with Crippen LogP contribution in [0, 0.1) is 11.3 Å². The van der Waals surface area contributed by atoms with Crippen molar-refractivity contribution in [2.45, 2.75) is 12.1 Å². The van der Waals surface area contributed by atoms with Crippen LogP contribution in [-0.4, -0.2) is 85.4 Å². The third kappa shape index (κ3) is 4.65. The van der Waals surface area contributed by atoms with Gasteiger partial charge in [0.25, 0.3) is 5.91 Å². The third-order valence-corrected chi connectivity index (χ3v) is 6.65. The Bertz CT molecular complexity index is 1040. The summed E-state index contributed by atoms with van der Waals surface area (Å²) in [6.45, 7) is 2.31. The van der Waals surface area contributed by atoms with Gasteiger partial charge in [-0.05, 0) is 24.3 Å². The quantitative estimate of drug-likeness (QED) is 0.693. The zero-order chi connectivity index (χ0) is 22.5. The number of anilines is 1. The van der Waals surface area contributed by atoms with Gasteiger partial charge in [0.2, 0.25) is 5.91 Å². The molecule has 4 rings (SSSR count). The van der Waals surface area contributed by atoms with Crippen molar-refractivity contribution in [3.63, 3.8) is 0 Å². The van der Waals surface area contributed by atoms with E-state index < -0.39 is 6.04 Å². The highest BCUT2D eigenvalue weighted by Gasteiger charge is 2.29. The average molecular weight is 456 g/mol. The Kier molecular flexibility index (Phi) is 7.09. The number of rotatable bonds is 6. The third-order valence-electron chi connectivity index (χ3n) is 5.64. The molecular formula is C22H25N5O4S. The van der Waals surface area contributed by atoms with E-state index in [1.54, 1.807) is 19.4 Å². The van der Waals surface area contributed by atoms with E-state index in [1.165, 1.54) is 16.7 Å². The SMILES string of the molecule is COCC1COCCN1c1ccc2nccc(C(=O)NCC(=O)N3CSCC3C#N)c2c1. The van der Waals surface area contributed by atoms with Gasteiger partial charge in [-0.3, -0.25) is 14.6 Å². The first-order valence-electron chi connectivity index (χ1n) is 10.4. The van der Waals surface area contributed by atoms with E-state index in [9.17, 15) is 14.9 Å². The minimum absolute atomic E-state index is 0.0872. The molecule has 0 aliphatic carbocycles. The Morgan fingerprint density at radius 3 is 3.09 bits per heavy atom. The highest BCUT2D eigenvalue weighted by molar-refractivity contribution is 7.99. The second-order valence-corrected chi connectivity index (χ2v) is 8.63. The molecule has 0 bridgehead atoms. The molecule has 0 saturated carbocycles. The van der Waals surface area contributed by atoms with Gasteiger partial charge in [0, 0.05) is 36.7 Å². The second kappa shape index (κ2) is 10.2. The highest BCUT2D eigenvalue weighted by atomic mass is 32.2. The molecule has 2 aromatic rings. The number of carbonyl (C=O) groups is 2. The van der Waals surface area contributed by atoms with E-state index in [2.05, 4.69) is 21.3 Å². The maximum absolute atomic E-state index is 13.0. The fourth-order valence-corrected chi connectivity index (χ4v) is 5.09. The van der Waals surface area contributed by atoms with Crippen molar-refractivity contribution >= 4 is 40.2 Å². The van der Waals surface area contributed by atoms with Gasteiger partial charge >= 0.3 is 0 Å². The summed E-state index contributed by atoms with van der Waals surface area (Å²) in [6.07, 6.45) is 1.59. The minimum Gasteiger partial charge on any atom is -0.382 e. The van der Waals surface area contributed by atoms with Crippen LogP contribution in [0.5, 0.6) is 0 Å². The minimum atomic E-state index is -0.442. The number of nitrogens with one attached hydrogen (secondary N) is 1. The lowest BCUT2D eigenvalue weighted by Gasteiger charge is -2.37. The Balaban J connectivity index is 1.53. The summed E-state index contributed by atoms with van der Waals surface area (Å²) in [7, 11) is 1.67. The summed E-state index contributed by atoms with van der Waals surface area (Å²) in [5.74, 6) is 0.458. The van der Waals surface area contributed by atoms with Crippen LogP contribution < -0.4 is 10.2 Å². The van der Waals surface area contributed by atoms with Crippen LogP contribution in [0.15, 0.2) is 30.5 Å². The number of methoxy groups -OCH3 is 1. The monoisotopic (exact) mass is 455 g/mol. The number of aromatic nitrogens is 1.